The van der Waals surface area contributed by atoms with E-state index < -0.39 is 0 Å². The summed E-state index contributed by atoms with van der Waals surface area (Å²) in [4.78, 5) is 26.4. The maximum absolute atomic E-state index is 15.2. The fourth-order valence-electron chi connectivity index (χ4n) is 4.24. The maximum Gasteiger partial charge on any atom is 0.269 e. The molecule has 4 aromatic rings. The molecule has 1 saturated heterocycles. The highest BCUT2D eigenvalue weighted by atomic mass is 19.1. The lowest BCUT2D eigenvalue weighted by molar-refractivity contribution is 0.0939. The van der Waals surface area contributed by atoms with Gasteiger partial charge in [0.05, 0.1) is 16.6 Å². The molecule has 1 aliphatic heterocycles. The van der Waals surface area contributed by atoms with Crippen molar-refractivity contribution >= 4 is 39.4 Å². The van der Waals surface area contributed by atoms with Crippen LogP contribution in [-0.2, 0) is 0 Å². The minimum Gasteiger partial charge on any atom is -0.353 e. The molecule has 0 aliphatic carbocycles. The van der Waals surface area contributed by atoms with E-state index in [9.17, 15) is 4.79 Å². The number of amides is 1. The van der Waals surface area contributed by atoms with Crippen LogP contribution in [-0.4, -0.2) is 65.5 Å². The third-order valence-corrected chi connectivity index (χ3v) is 5.78. The number of benzene rings is 1. The smallest absolute Gasteiger partial charge is 0.269 e. The summed E-state index contributed by atoms with van der Waals surface area (Å²) >= 11 is 0. The fraction of sp³-hybridized carbons (Fsp3) is 0.318. The highest BCUT2D eigenvalue weighted by Gasteiger charge is 2.22. The van der Waals surface area contributed by atoms with Crippen LogP contribution in [0, 0.1) is 5.82 Å². The third-order valence-electron chi connectivity index (χ3n) is 5.78. The van der Waals surface area contributed by atoms with Crippen LogP contribution in [0.15, 0.2) is 36.4 Å². The number of imidazole rings is 1. The summed E-state index contributed by atoms with van der Waals surface area (Å²) in [5.41, 5.74) is 8.22. The number of likely N-dealkylation sites (N-methyl/N-ethyl adjacent to an activating group) is 1. The molecule has 9 heteroatoms. The van der Waals surface area contributed by atoms with Crippen LogP contribution in [0.3, 0.4) is 0 Å². The predicted molar refractivity (Wildman–Crippen MR) is 119 cm³/mol. The fourth-order valence-corrected chi connectivity index (χ4v) is 4.24. The number of hydrazine groups is 1. The molecule has 0 saturated carbocycles. The standard InChI is InChI=1S/C22H24FN7O/c1-24-27-22(31)15-12-14-13-16(23)21(29-9-5-8-28(2)10-11-29)26-19(14)30-18-7-4-3-6-17(18)25-20(15)30/h3-4,6-7,12-13,24H,5,8-11H2,1-2H3,(H,27,31). The topological polar surface area (TPSA) is 77.8 Å². The van der Waals surface area contributed by atoms with Crippen LogP contribution in [0.5, 0.6) is 0 Å². The Kier molecular flexibility index (Phi) is 4.91. The van der Waals surface area contributed by atoms with Gasteiger partial charge in [0.1, 0.15) is 5.65 Å². The first-order valence-corrected chi connectivity index (χ1v) is 10.4. The van der Waals surface area contributed by atoms with Crippen molar-refractivity contribution in [2.24, 2.45) is 0 Å². The molecule has 1 aromatic carbocycles. The number of aromatic nitrogens is 3. The number of pyridine rings is 2. The van der Waals surface area contributed by atoms with Crippen molar-refractivity contribution < 1.29 is 9.18 Å². The average molecular weight is 421 g/mol. The van der Waals surface area contributed by atoms with E-state index in [4.69, 9.17) is 4.98 Å². The minimum atomic E-state index is -0.388. The quantitative estimate of drug-likeness (QED) is 0.494. The van der Waals surface area contributed by atoms with Gasteiger partial charge in [-0.15, -0.1) is 0 Å². The van der Waals surface area contributed by atoms with E-state index in [1.165, 1.54) is 6.07 Å². The van der Waals surface area contributed by atoms with E-state index in [2.05, 4.69) is 27.8 Å². The summed E-state index contributed by atoms with van der Waals surface area (Å²) in [6.45, 7) is 3.29. The molecule has 0 bridgehead atoms. The van der Waals surface area contributed by atoms with Crippen molar-refractivity contribution in [3.8, 4) is 0 Å². The molecule has 4 heterocycles. The number of rotatable bonds is 3. The second-order valence-electron chi connectivity index (χ2n) is 7.87. The van der Waals surface area contributed by atoms with Crippen LogP contribution >= 0.6 is 0 Å². The number of carbonyl (C=O) groups excluding carboxylic acids is 1. The number of hydrogen-bond donors (Lipinski definition) is 2. The summed E-state index contributed by atoms with van der Waals surface area (Å²) in [5, 5.41) is 0.546. The first-order chi connectivity index (χ1) is 15.1. The van der Waals surface area contributed by atoms with Crippen molar-refractivity contribution in [2.45, 2.75) is 6.42 Å². The van der Waals surface area contributed by atoms with Crippen LogP contribution in [0.25, 0.3) is 27.7 Å². The van der Waals surface area contributed by atoms with E-state index in [-0.39, 0.29) is 11.7 Å². The first kappa shape index (κ1) is 19.7. The minimum absolute atomic E-state index is 0.342. The Morgan fingerprint density at radius 3 is 2.74 bits per heavy atom. The lowest BCUT2D eigenvalue weighted by Gasteiger charge is -2.22. The zero-order chi connectivity index (χ0) is 21.5. The van der Waals surface area contributed by atoms with Gasteiger partial charge in [-0.3, -0.25) is 14.6 Å². The normalized spacial score (nSPS) is 15.6. The van der Waals surface area contributed by atoms with Crippen molar-refractivity contribution in [3.05, 3.63) is 47.8 Å². The molecular weight excluding hydrogens is 397 g/mol. The van der Waals surface area contributed by atoms with Gasteiger partial charge in [0, 0.05) is 32.1 Å². The van der Waals surface area contributed by atoms with E-state index in [1.807, 2.05) is 33.6 Å². The van der Waals surface area contributed by atoms with Crippen LogP contribution < -0.4 is 15.8 Å². The Morgan fingerprint density at radius 2 is 1.90 bits per heavy atom. The van der Waals surface area contributed by atoms with Gasteiger partial charge in [-0.1, -0.05) is 12.1 Å². The van der Waals surface area contributed by atoms with Gasteiger partial charge in [0.2, 0.25) is 0 Å². The lowest BCUT2D eigenvalue weighted by atomic mass is 10.1. The molecule has 2 N–H and O–H groups in total. The van der Waals surface area contributed by atoms with Crippen LogP contribution in [0.1, 0.15) is 16.8 Å². The molecule has 3 aromatic heterocycles. The van der Waals surface area contributed by atoms with E-state index in [0.717, 1.165) is 37.1 Å². The number of nitrogens with one attached hydrogen (secondary N) is 2. The summed E-state index contributed by atoms with van der Waals surface area (Å²) in [5.74, 6) is -0.389. The molecular formula is C22H24FN7O. The predicted octanol–water partition coefficient (Wildman–Crippen LogP) is 2.18. The molecule has 5 rings (SSSR count). The maximum atomic E-state index is 15.2. The molecule has 0 radical (unpaired) electrons. The molecule has 160 valence electrons. The van der Waals surface area contributed by atoms with Crippen molar-refractivity contribution in [1.29, 1.82) is 0 Å². The van der Waals surface area contributed by atoms with Crippen LogP contribution in [0.4, 0.5) is 10.2 Å². The zero-order valence-electron chi connectivity index (χ0n) is 17.5. The molecule has 0 spiro atoms. The second kappa shape index (κ2) is 7.75. The van der Waals surface area contributed by atoms with Crippen LogP contribution in [0.2, 0.25) is 0 Å². The number of fused-ring (bicyclic) bond motifs is 5. The highest BCUT2D eigenvalue weighted by molar-refractivity contribution is 6.05. The number of halogens is 1. The Balaban J connectivity index is 1.78. The van der Waals surface area contributed by atoms with Crippen molar-refractivity contribution in [2.75, 3.05) is 45.2 Å². The highest BCUT2D eigenvalue weighted by Crippen LogP contribution is 2.29. The van der Waals surface area contributed by atoms with E-state index >= 15 is 4.39 Å². The lowest BCUT2D eigenvalue weighted by Crippen LogP contribution is -2.34. The van der Waals surface area contributed by atoms with Gasteiger partial charge in [-0.05, 0) is 44.3 Å². The molecule has 8 nitrogen and oxygen atoms in total. The number of anilines is 1. The molecule has 0 unspecified atom stereocenters. The number of hydrogen-bond acceptors (Lipinski definition) is 6. The summed E-state index contributed by atoms with van der Waals surface area (Å²) in [6.07, 6.45) is 0.947. The van der Waals surface area contributed by atoms with Gasteiger partial charge >= 0.3 is 0 Å². The van der Waals surface area contributed by atoms with Crippen molar-refractivity contribution in [1.82, 2.24) is 30.1 Å². The largest absolute Gasteiger partial charge is 0.353 e. The van der Waals surface area contributed by atoms with Gasteiger partial charge in [-0.2, -0.15) is 0 Å². The number of carbonyl (C=O) groups is 1. The Hall–Kier alpha value is -3.30. The van der Waals surface area contributed by atoms with E-state index in [0.29, 0.717) is 34.6 Å². The van der Waals surface area contributed by atoms with Gasteiger partial charge < -0.3 is 9.80 Å². The monoisotopic (exact) mass is 421 g/mol. The Morgan fingerprint density at radius 1 is 1.06 bits per heavy atom. The van der Waals surface area contributed by atoms with Gasteiger partial charge in [0.25, 0.3) is 5.91 Å². The molecule has 1 amide bonds. The Bertz CT molecular complexity index is 1300. The molecule has 1 fully saturated rings. The van der Waals surface area contributed by atoms with E-state index in [1.54, 1.807) is 13.1 Å². The van der Waals surface area contributed by atoms with Gasteiger partial charge in [-0.25, -0.2) is 19.8 Å². The second-order valence-corrected chi connectivity index (χ2v) is 7.87. The third kappa shape index (κ3) is 3.35. The molecule has 1 aliphatic rings. The Labute approximate surface area is 178 Å². The SMILES string of the molecule is CNNC(=O)c1cc2cc(F)c(N3CCCN(C)CC3)nc2n2c1nc1ccccc12. The zero-order valence-corrected chi connectivity index (χ0v) is 17.5. The summed E-state index contributed by atoms with van der Waals surface area (Å²) in [7, 11) is 3.69. The number of para-hydroxylation sites is 2. The summed E-state index contributed by atoms with van der Waals surface area (Å²) in [6, 6.07) is 10.8. The first-order valence-electron chi connectivity index (χ1n) is 10.4. The van der Waals surface area contributed by atoms with Gasteiger partial charge in [0.15, 0.2) is 17.3 Å². The molecule has 31 heavy (non-hydrogen) atoms. The average Bonchev–Trinajstić information content (AvgIpc) is 3.02. The molecule has 0 atom stereocenters. The summed E-state index contributed by atoms with van der Waals surface area (Å²) < 4.78 is 17.0. The number of nitrogens with zero attached hydrogens (tertiary/aromatic N) is 5. The van der Waals surface area contributed by atoms with Crippen molar-refractivity contribution in [3.63, 3.8) is 0 Å².